The number of hydrogen-bond donors (Lipinski definition) is 1. The number of aromatic amines is 1. The lowest BCUT2D eigenvalue weighted by Crippen LogP contribution is -2.15. The van der Waals surface area contributed by atoms with Crippen LogP contribution in [0.1, 0.15) is 15.9 Å². The van der Waals surface area contributed by atoms with Crippen molar-refractivity contribution in [2.75, 3.05) is 14.2 Å². The van der Waals surface area contributed by atoms with Crippen LogP contribution in [0.15, 0.2) is 16.9 Å². The maximum Gasteiger partial charge on any atom is 0.259 e. The third-order valence-corrected chi connectivity index (χ3v) is 2.95. The zero-order chi connectivity index (χ0) is 13.3. The van der Waals surface area contributed by atoms with Crippen molar-refractivity contribution in [2.45, 2.75) is 6.92 Å². The van der Waals surface area contributed by atoms with Crippen LogP contribution in [0.25, 0.3) is 10.9 Å². The molecule has 0 spiro atoms. The summed E-state index contributed by atoms with van der Waals surface area (Å²) in [4.78, 5) is 25.4. The maximum absolute atomic E-state index is 11.8. The van der Waals surface area contributed by atoms with Crippen LogP contribution < -0.4 is 15.0 Å². The number of nitrogens with one attached hydrogen (secondary N) is 1. The van der Waals surface area contributed by atoms with E-state index >= 15 is 0 Å². The van der Waals surface area contributed by atoms with E-state index in [1.807, 2.05) is 0 Å². The van der Waals surface area contributed by atoms with Crippen LogP contribution in [0.3, 0.4) is 0 Å². The molecule has 1 aromatic heterocycles. The molecule has 0 saturated heterocycles. The highest BCUT2D eigenvalue weighted by atomic mass is 16.5. The normalized spacial score (nSPS) is 10.4. The number of H-pyrrole nitrogens is 1. The van der Waals surface area contributed by atoms with E-state index in [-0.39, 0.29) is 5.56 Å². The molecule has 0 unspecified atom stereocenters. The topological polar surface area (TPSA) is 68.4 Å². The molecule has 2 aromatic rings. The van der Waals surface area contributed by atoms with Gasteiger partial charge in [0.1, 0.15) is 11.5 Å². The summed E-state index contributed by atoms with van der Waals surface area (Å²) in [6, 6.07) is 3.44. The average molecular weight is 247 g/mol. The first-order valence-corrected chi connectivity index (χ1v) is 5.36. The molecule has 0 aliphatic rings. The number of aldehydes is 1. The fraction of sp³-hybridized carbons (Fsp3) is 0.231. The summed E-state index contributed by atoms with van der Waals surface area (Å²) in [6.45, 7) is 1.71. The Kier molecular flexibility index (Phi) is 3.06. The van der Waals surface area contributed by atoms with E-state index in [1.165, 1.54) is 14.2 Å². The number of carbonyl (C=O) groups excluding carboxylic acids is 1. The van der Waals surface area contributed by atoms with Crippen LogP contribution >= 0.6 is 0 Å². The molecule has 0 fully saturated rings. The lowest BCUT2D eigenvalue weighted by Gasteiger charge is -2.12. The van der Waals surface area contributed by atoms with E-state index in [9.17, 15) is 9.59 Å². The van der Waals surface area contributed by atoms with Crippen molar-refractivity contribution in [1.29, 1.82) is 0 Å². The van der Waals surface area contributed by atoms with Gasteiger partial charge in [-0.1, -0.05) is 0 Å². The Bertz CT molecular complexity index is 673. The summed E-state index contributed by atoms with van der Waals surface area (Å²) < 4.78 is 10.5. The molecule has 2 rings (SSSR count). The molecule has 0 saturated carbocycles. The number of aromatic nitrogens is 1. The molecule has 0 amide bonds. The molecule has 1 aromatic carbocycles. The minimum Gasteiger partial charge on any atom is -0.496 e. The van der Waals surface area contributed by atoms with Crippen molar-refractivity contribution in [2.24, 2.45) is 0 Å². The number of hydrogen-bond acceptors (Lipinski definition) is 4. The number of rotatable bonds is 3. The van der Waals surface area contributed by atoms with E-state index in [0.717, 1.165) is 0 Å². The molecule has 0 aliphatic carbocycles. The fourth-order valence-corrected chi connectivity index (χ4v) is 2.03. The summed E-state index contributed by atoms with van der Waals surface area (Å²) in [5, 5.41) is 0.679. The first-order chi connectivity index (χ1) is 8.63. The first-order valence-electron chi connectivity index (χ1n) is 5.36. The second-order valence-electron chi connectivity index (χ2n) is 3.83. The Morgan fingerprint density at radius 3 is 2.33 bits per heavy atom. The van der Waals surface area contributed by atoms with Gasteiger partial charge in [-0.15, -0.1) is 0 Å². The molecule has 5 heteroatoms. The molecule has 94 valence electrons. The highest BCUT2D eigenvalue weighted by Gasteiger charge is 2.15. The van der Waals surface area contributed by atoms with Gasteiger partial charge in [0.05, 0.1) is 25.3 Å². The van der Waals surface area contributed by atoms with Crippen LogP contribution in [0.5, 0.6) is 11.5 Å². The Morgan fingerprint density at radius 2 is 1.78 bits per heavy atom. The number of benzene rings is 1. The number of aryl methyl sites for hydroxylation is 1. The summed E-state index contributed by atoms with van der Waals surface area (Å²) >= 11 is 0. The summed E-state index contributed by atoms with van der Waals surface area (Å²) in [6.07, 6.45) is 0.548. The summed E-state index contributed by atoms with van der Waals surface area (Å²) in [5.41, 5.74) is 0.792. The zero-order valence-electron chi connectivity index (χ0n) is 10.4. The van der Waals surface area contributed by atoms with Crippen molar-refractivity contribution in [3.8, 4) is 11.5 Å². The van der Waals surface area contributed by atoms with Gasteiger partial charge >= 0.3 is 0 Å². The molecule has 1 heterocycles. The van der Waals surface area contributed by atoms with Crippen LogP contribution in [0.2, 0.25) is 0 Å². The molecular formula is C13H13NO4. The number of carbonyl (C=O) groups is 1. The number of pyridine rings is 1. The number of methoxy groups -OCH3 is 2. The van der Waals surface area contributed by atoms with Gasteiger partial charge < -0.3 is 14.5 Å². The van der Waals surface area contributed by atoms with Crippen molar-refractivity contribution in [3.63, 3.8) is 0 Å². The largest absolute Gasteiger partial charge is 0.496 e. The minimum atomic E-state index is -0.429. The Balaban J connectivity index is 3.03. The molecule has 0 radical (unpaired) electrons. The smallest absolute Gasteiger partial charge is 0.259 e. The Hall–Kier alpha value is -2.30. The molecule has 1 N–H and O–H groups in total. The van der Waals surface area contributed by atoms with Gasteiger partial charge in [0, 0.05) is 5.39 Å². The molecule has 0 aliphatic heterocycles. The van der Waals surface area contributed by atoms with Crippen LogP contribution in [0, 0.1) is 6.92 Å². The maximum atomic E-state index is 11.8. The molecule has 0 bridgehead atoms. The van der Waals surface area contributed by atoms with Crippen molar-refractivity contribution in [1.82, 2.24) is 4.98 Å². The lowest BCUT2D eigenvalue weighted by molar-refractivity contribution is 0.112. The van der Waals surface area contributed by atoms with Gasteiger partial charge in [-0.25, -0.2) is 0 Å². The highest BCUT2D eigenvalue weighted by molar-refractivity contribution is 5.96. The van der Waals surface area contributed by atoms with E-state index in [0.29, 0.717) is 34.3 Å². The predicted molar refractivity (Wildman–Crippen MR) is 67.8 cm³/mol. The third kappa shape index (κ3) is 1.64. The van der Waals surface area contributed by atoms with Crippen molar-refractivity contribution in [3.05, 3.63) is 33.6 Å². The number of ether oxygens (including phenoxy) is 2. The minimum absolute atomic E-state index is 0.106. The molecular weight excluding hydrogens is 234 g/mol. The van der Waals surface area contributed by atoms with Gasteiger partial charge in [-0.2, -0.15) is 0 Å². The van der Waals surface area contributed by atoms with Crippen LogP contribution in [-0.4, -0.2) is 25.5 Å². The monoisotopic (exact) mass is 247 g/mol. The Morgan fingerprint density at radius 1 is 1.17 bits per heavy atom. The Labute approximate surface area is 103 Å². The molecule has 0 atom stereocenters. The van der Waals surface area contributed by atoms with E-state index in [2.05, 4.69) is 4.98 Å². The lowest BCUT2D eigenvalue weighted by atomic mass is 10.0. The van der Waals surface area contributed by atoms with Gasteiger partial charge in [0.15, 0.2) is 6.29 Å². The van der Waals surface area contributed by atoms with Gasteiger partial charge in [0.25, 0.3) is 5.56 Å². The quantitative estimate of drug-likeness (QED) is 0.837. The predicted octanol–water partition coefficient (Wildman–Crippen LogP) is 1.67. The van der Waals surface area contributed by atoms with Crippen molar-refractivity contribution < 1.29 is 14.3 Å². The average Bonchev–Trinajstić information content (AvgIpc) is 2.37. The van der Waals surface area contributed by atoms with Crippen LogP contribution in [-0.2, 0) is 0 Å². The summed E-state index contributed by atoms with van der Waals surface area (Å²) in [7, 11) is 3.05. The van der Waals surface area contributed by atoms with E-state index in [1.54, 1.807) is 19.1 Å². The van der Waals surface area contributed by atoms with E-state index < -0.39 is 5.56 Å². The highest BCUT2D eigenvalue weighted by Crippen LogP contribution is 2.33. The first kappa shape index (κ1) is 12.2. The van der Waals surface area contributed by atoms with Crippen molar-refractivity contribution >= 4 is 17.2 Å². The standard InChI is InChI=1S/C13H13NO4/c1-7-8(6-15)13(16)14-12-10(18-3)5-4-9(17-2)11(7)12/h4-6H,1-3H3,(H,14,16). The second kappa shape index (κ2) is 4.52. The number of fused-ring (bicyclic) bond motifs is 1. The second-order valence-corrected chi connectivity index (χ2v) is 3.83. The third-order valence-electron chi connectivity index (χ3n) is 2.95. The molecule has 18 heavy (non-hydrogen) atoms. The SMILES string of the molecule is COc1ccc(OC)c2c(C)c(C=O)c(=O)[nH]c12. The summed E-state index contributed by atoms with van der Waals surface area (Å²) in [5.74, 6) is 1.12. The van der Waals surface area contributed by atoms with Gasteiger partial charge in [-0.3, -0.25) is 9.59 Å². The van der Waals surface area contributed by atoms with Gasteiger partial charge in [0.2, 0.25) is 0 Å². The fourth-order valence-electron chi connectivity index (χ4n) is 2.03. The van der Waals surface area contributed by atoms with Crippen LogP contribution in [0.4, 0.5) is 0 Å². The molecule has 5 nitrogen and oxygen atoms in total. The van der Waals surface area contributed by atoms with Gasteiger partial charge in [-0.05, 0) is 24.6 Å². The van der Waals surface area contributed by atoms with E-state index in [4.69, 9.17) is 9.47 Å². The zero-order valence-corrected chi connectivity index (χ0v) is 10.4.